The van der Waals surface area contributed by atoms with Gasteiger partial charge in [0.1, 0.15) is 12.0 Å². The molecule has 1 aromatic rings. The summed E-state index contributed by atoms with van der Waals surface area (Å²) in [6.45, 7) is 4.79. The number of fused-ring (bicyclic) bond motifs is 2. The maximum atomic E-state index is 15.0. The van der Waals surface area contributed by atoms with E-state index in [9.17, 15) is 18.8 Å². The third-order valence-corrected chi connectivity index (χ3v) is 9.75. The number of methoxy groups -OCH3 is 1. The maximum absolute atomic E-state index is 15.0. The Balaban J connectivity index is 1.31. The second-order valence-corrected chi connectivity index (χ2v) is 12.8. The highest BCUT2D eigenvalue weighted by Gasteiger charge is 2.46. The van der Waals surface area contributed by atoms with E-state index < -0.39 is 11.7 Å². The third kappa shape index (κ3) is 5.71. The molecule has 0 heterocycles. The topological polar surface area (TPSA) is 93.7 Å². The summed E-state index contributed by atoms with van der Waals surface area (Å²) in [6, 6.07) is 2.23. The zero-order valence-corrected chi connectivity index (χ0v) is 23.3. The molecule has 0 spiro atoms. The second kappa shape index (κ2) is 10.9. The highest BCUT2D eigenvalue weighted by Crippen LogP contribution is 2.43. The van der Waals surface area contributed by atoms with E-state index in [-0.39, 0.29) is 63.7 Å². The van der Waals surface area contributed by atoms with Gasteiger partial charge in [0.05, 0.1) is 24.7 Å². The van der Waals surface area contributed by atoms with Crippen molar-refractivity contribution in [3.63, 3.8) is 0 Å². The standard InChI is InChI=1S/C31H41FN2O5/c1-30(11-4-12-30)17-33-29(37)26-19-5-7-20(8-6-19)27(26)34-28(36)22-15-25(23(32)16-24(22)38-3)39-21-9-13-31(2,18-35)14-10-21/h5,7,15-16,18-21,26-27H,4,6,8-14,17H2,1-3H3,(H,33,37)(H,34,36)/t19-,20+,21-,26-,27+,31+/m1/s1. The van der Waals surface area contributed by atoms with Gasteiger partial charge in [-0.1, -0.05) is 32.4 Å². The van der Waals surface area contributed by atoms with Crippen LogP contribution >= 0.6 is 0 Å². The van der Waals surface area contributed by atoms with E-state index in [1.807, 2.05) is 6.92 Å². The molecule has 8 heteroatoms. The zero-order valence-electron chi connectivity index (χ0n) is 23.3. The first-order chi connectivity index (χ1) is 18.6. The molecular formula is C31H41FN2O5. The number of aldehydes is 1. The number of ether oxygens (including phenoxy) is 2. The Morgan fingerprint density at radius 2 is 1.72 bits per heavy atom. The van der Waals surface area contributed by atoms with Gasteiger partial charge in [0.25, 0.3) is 5.91 Å². The van der Waals surface area contributed by atoms with E-state index in [0.29, 0.717) is 32.2 Å². The van der Waals surface area contributed by atoms with Gasteiger partial charge in [0.2, 0.25) is 5.91 Å². The zero-order chi connectivity index (χ0) is 27.8. The third-order valence-electron chi connectivity index (χ3n) is 9.75. The Kier molecular flexibility index (Phi) is 7.75. The summed E-state index contributed by atoms with van der Waals surface area (Å²) >= 11 is 0. The molecule has 0 aromatic heterocycles. The Labute approximate surface area is 230 Å². The van der Waals surface area contributed by atoms with Crippen LogP contribution in [0.5, 0.6) is 11.5 Å². The summed E-state index contributed by atoms with van der Waals surface area (Å²) in [4.78, 5) is 38.4. The minimum absolute atomic E-state index is 0.00579. The molecule has 3 saturated carbocycles. The van der Waals surface area contributed by atoms with Gasteiger partial charge in [-0.05, 0) is 74.7 Å². The monoisotopic (exact) mass is 540 g/mol. The Morgan fingerprint density at radius 3 is 2.31 bits per heavy atom. The summed E-state index contributed by atoms with van der Waals surface area (Å²) in [6.07, 6.45) is 12.9. The van der Waals surface area contributed by atoms with Gasteiger partial charge in [-0.15, -0.1) is 0 Å². The molecule has 1 aromatic carbocycles. The first kappa shape index (κ1) is 27.7. The van der Waals surface area contributed by atoms with Crippen LogP contribution in [0.3, 0.4) is 0 Å². The molecule has 6 rings (SSSR count). The minimum Gasteiger partial charge on any atom is -0.496 e. The molecule has 0 unspecified atom stereocenters. The molecule has 0 aliphatic heterocycles. The van der Waals surface area contributed by atoms with Crippen molar-refractivity contribution in [1.29, 1.82) is 0 Å². The van der Waals surface area contributed by atoms with Crippen LogP contribution in [0.1, 0.15) is 82.0 Å². The molecule has 4 atom stereocenters. The molecule has 0 radical (unpaired) electrons. The van der Waals surface area contributed by atoms with E-state index >= 15 is 0 Å². The lowest BCUT2D eigenvalue weighted by Gasteiger charge is -2.45. The van der Waals surface area contributed by atoms with Crippen molar-refractivity contribution in [2.45, 2.75) is 83.8 Å². The lowest BCUT2D eigenvalue weighted by molar-refractivity contribution is -0.129. The Bertz CT molecular complexity index is 1140. The van der Waals surface area contributed by atoms with Gasteiger partial charge < -0.3 is 24.9 Å². The van der Waals surface area contributed by atoms with E-state index in [1.165, 1.54) is 25.7 Å². The van der Waals surface area contributed by atoms with Crippen molar-refractivity contribution in [3.05, 3.63) is 35.7 Å². The van der Waals surface area contributed by atoms with Crippen LogP contribution in [0.2, 0.25) is 0 Å². The van der Waals surface area contributed by atoms with Crippen LogP contribution in [-0.2, 0) is 9.59 Å². The molecule has 212 valence electrons. The SMILES string of the molecule is COc1cc(F)c(O[C@H]2CC[C@@](C)(C=O)CC2)cc1C(=O)N[C@@H]1[C@H](C(=O)NCC2(C)CCC2)[C@@H]2C=C[C@H]1CC2. The normalized spacial score (nSPS) is 32.6. The van der Waals surface area contributed by atoms with Crippen molar-refractivity contribution in [3.8, 4) is 11.5 Å². The molecule has 5 aliphatic carbocycles. The van der Waals surface area contributed by atoms with Crippen molar-refractivity contribution in [2.24, 2.45) is 28.6 Å². The predicted molar refractivity (Wildman–Crippen MR) is 145 cm³/mol. The van der Waals surface area contributed by atoms with Gasteiger partial charge in [0.15, 0.2) is 11.6 Å². The minimum atomic E-state index is -0.603. The fourth-order valence-corrected chi connectivity index (χ4v) is 6.79. The first-order valence-corrected chi connectivity index (χ1v) is 14.4. The van der Waals surface area contributed by atoms with Crippen LogP contribution in [0, 0.1) is 34.4 Å². The molecule has 3 fully saturated rings. The largest absolute Gasteiger partial charge is 0.496 e. The fourth-order valence-electron chi connectivity index (χ4n) is 6.79. The number of nitrogens with one attached hydrogen (secondary N) is 2. The molecule has 2 amide bonds. The summed E-state index contributed by atoms with van der Waals surface area (Å²) in [5.74, 6) is -1.13. The highest BCUT2D eigenvalue weighted by molar-refractivity contribution is 5.98. The van der Waals surface area contributed by atoms with E-state index in [0.717, 1.165) is 32.0 Å². The van der Waals surface area contributed by atoms with Gasteiger partial charge in [-0.3, -0.25) is 9.59 Å². The van der Waals surface area contributed by atoms with E-state index in [4.69, 9.17) is 9.47 Å². The smallest absolute Gasteiger partial charge is 0.255 e. The predicted octanol–water partition coefficient (Wildman–Crippen LogP) is 4.98. The van der Waals surface area contributed by atoms with Crippen molar-refractivity contribution >= 4 is 18.1 Å². The number of benzene rings is 1. The highest BCUT2D eigenvalue weighted by atomic mass is 19.1. The van der Waals surface area contributed by atoms with Gasteiger partial charge in [-0.2, -0.15) is 0 Å². The number of carbonyl (C=O) groups is 3. The lowest BCUT2D eigenvalue weighted by Crippen LogP contribution is -2.57. The maximum Gasteiger partial charge on any atom is 0.255 e. The fraction of sp³-hybridized carbons (Fsp3) is 0.645. The second-order valence-electron chi connectivity index (χ2n) is 12.8. The van der Waals surface area contributed by atoms with E-state index in [2.05, 4.69) is 29.7 Å². The molecular weight excluding hydrogens is 499 g/mol. The average molecular weight is 541 g/mol. The lowest BCUT2D eigenvalue weighted by atomic mass is 9.65. The molecule has 2 N–H and O–H groups in total. The number of hydrogen-bond acceptors (Lipinski definition) is 5. The molecule has 7 nitrogen and oxygen atoms in total. The number of hydrogen-bond donors (Lipinski definition) is 2. The Morgan fingerprint density at radius 1 is 1.03 bits per heavy atom. The van der Waals surface area contributed by atoms with Crippen molar-refractivity contribution < 1.29 is 28.2 Å². The average Bonchev–Trinajstić information content (AvgIpc) is 2.93. The van der Waals surface area contributed by atoms with E-state index in [1.54, 1.807) is 0 Å². The van der Waals surface area contributed by atoms with Gasteiger partial charge >= 0.3 is 0 Å². The van der Waals surface area contributed by atoms with Crippen molar-refractivity contribution in [1.82, 2.24) is 10.6 Å². The number of amides is 2. The summed E-state index contributed by atoms with van der Waals surface area (Å²) in [5, 5.41) is 6.30. The van der Waals surface area contributed by atoms with Crippen LogP contribution in [0.4, 0.5) is 4.39 Å². The summed E-state index contributed by atoms with van der Waals surface area (Å²) in [7, 11) is 1.40. The molecule has 5 aliphatic rings. The summed E-state index contributed by atoms with van der Waals surface area (Å²) in [5.41, 5.74) is -0.0238. The number of allylic oxidation sites excluding steroid dienone is 1. The summed E-state index contributed by atoms with van der Waals surface area (Å²) < 4.78 is 26.3. The van der Waals surface area contributed by atoms with Crippen LogP contribution < -0.4 is 20.1 Å². The number of carbonyl (C=O) groups excluding carboxylic acids is 3. The van der Waals surface area contributed by atoms with Gasteiger partial charge in [-0.25, -0.2) is 4.39 Å². The number of rotatable bonds is 9. The first-order valence-electron chi connectivity index (χ1n) is 14.4. The van der Waals surface area contributed by atoms with Crippen molar-refractivity contribution in [2.75, 3.05) is 13.7 Å². The molecule has 0 saturated heterocycles. The van der Waals surface area contributed by atoms with Crippen LogP contribution in [0.25, 0.3) is 0 Å². The molecule has 2 bridgehead atoms. The van der Waals surface area contributed by atoms with Gasteiger partial charge in [0, 0.05) is 24.1 Å². The van der Waals surface area contributed by atoms with Crippen LogP contribution in [0.15, 0.2) is 24.3 Å². The molecule has 39 heavy (non-hydrogen) atoms. The Hall–Kier alpha value is -2.90. The van der Waals surface area contributed by atoms with Crippen LogP contribution in [-0.4, -0.2) is 43.9 Å². The quantitative estimate of drug-likeness (QED) is 0.341. The number of halogens is 1.